The van der Waals surface area contributed by atoms with E-state index in [2.05, 4.69) is 15.0 Å². The molecule has 0 fully saturated rings. The van der Waals surface area contributed by atoms with Crippen molar-refractivity contribution in [1.82, 2.24) is 10.5 Å². The summed E-state index contributed by atoms with van der Waals surface area (Å²) in [6.45, 7) is 2.24. The fourth-order valence-corrected chi connectivity index (χ4v) is 0.850. The molecule has 1 aromatic rings. The molecule has 6 heteroatoms. The van der Waals surface area contributed by atoms with Crippen molar-refractivity contribution in [2.24, 2.45) is 11.7 Å². The van der Waals surface area contributed by atoms with Gasteiger partial charge in [-0.1, -0.05) is 24.3 Å². The smallest absolute Gasteiger partial charge is 0.273 e. The third-order valence-corrected chi connectivity index (χ3v) is 2.13. The summed E-state index contributed by atoms with van der Waals surface area (Å²) >= 11 is 4.76. The van der Waals surface area contributed by atoms with Crippen LogP contribution < -0.4 is 11.1 Å². The second-order valence-corrected chi connectivity index (χ2v) is 3.37. The average Bonchev–Trinajstić information content (AvgIpc) is 2.66. The summed E-state index contributed by atoms with van der Waals surface area (Å²) in [6.07, 6.45) is 1.34. The number of nitrogens with one attached hydrogen (secondary N) is 1. The Hall–Kier alpha value is -1.43. The molecule has 0 aliphatic carbocycles. The summed E-state index contributed by atoms with van der Waals surface area (Å²) in [4.78, 5) is 11.7. The number of rotatable bonds is 4. The van der Waals surface area contributed by atoms with E-state index in [0.717, 1.165) is 0 Å². The largest absolute Gasteiger partial charge is 0.393 e. The Kier molecular flexibility index (Phi) is 3.58. The zero-order chi connectivity index (χ0) is 10.6. The van der Waals surface area contributed by atoms with Crippen LogP contribution in [-0.4, -0.2) is 22.6 Å². The maximum Gasteiger partial charge on any atom is 0.273 e. The van der Waals surface area contributed by atoms with Crippen LogP contribution >= 0.6 is 12.2 Å². The summed E-state index contributed by atoms with van der Waals surface area (Å²) in [5.74, 6) is -0.317. The highest BCUT2D eigenvalue weighted by molar-refractivity contribution is 7.80. The lowest BCUT2D eigenvalue weighted by molar-refractivity contribution is 0.0942. The number of nitrogens with zero attached hydrogens (tertiary/aromatic N) is 1. The third kappa shape index (κ3) is 2.81. The Balaban J connectivity index is 2.40. The first-order chi connectivity index (χ1) is 6.61. The van der Waals surface area contributed by atoms with Gasteiger partial charge >= 0.3 is 0 Å². The maximum atomic E-state index is 11.3. The predicted molar refractivity (Wildman–Crippen MR) is 54.8 cm³/mol. The van der Waals surface area contributed by atoms with Crippen molar-refractivity contribution in [3.05, 3.63) is 18.0 Å². The Morgan fingerprint density at radius 2 is 2.57 bits per heavy atom. The molecule has 0 radical (unpaired) electrons. The molecule has 1 unspecified atom stereocenters. The highest BCUT2D eigenvalue weighted by Crippen LogP contribution is 1.96. The molecule has 1 aromatic heterocycles. The lowest BCUT2D eigenvalue weighted by Gasteiger charge is -2.09. The van der Waals surface area contributed by atoms with Crippen molar-refractivity contribution in [3.63, 3.8) is 0 Å². The fourth-order valence-electron chi connectivity index (χ4n) is 0.767. The van der Waals surface area contributed by atoms with Crippen LogP contribution in [0.4, 0.5) is 0 Å². The van der Waals surface area contributed by atoms with Crippen LogP contribution in [0.3, 0.4) is 0 Å². The van der Waals surface area contributed by atoms with Crippen molar-refractivity contribution < 1.29 is 9.32 Å². The minimum Gasteiger partial charge on any atom is -0.393 e. The minimum absolute atomic E-state index is 0.0270. The predicted octanol–water partition coefficient (Wildman–Crippen LogP) is 0.327. The van der Waals surface area contributed by atoms with E-state index in [-0.39, 0.29) is 17.5 Å². The van der Waals surface area contributed by atoms with Gasteiger partial charge < -0.3 is 15.6 Å². The van der Waals surface area contributed by atoms with Crippen molar-refractivity contribution in [3.8, 4) is 0 Å². The van der Waals surface area contributed by atoms with Crippen molar-refractivity contribution in [2.45, 2.75) is 6.92 Å². The first-order valence-electron chi connectivity index (χ1n) is 4.09. The zero-order valence-electron chi connectivity index (χ0n) is 7.69. The molecular weight excluding hydrogens is 202 g/mol. The van der Waals surface area contributed by atoms with E-state index in [1.54, 1.807) is 0 Å². The number of hydrogen-bond acceptors (Lipinski definition) is 4. The number of thiocarbonyl (C=S) groups is 1. The van der Waals surface area contributed by atoms with Crippen molar-refractivity contribution in [2.75, 3.05) is 6.54 Å². The summed E-state index contributed by atoms with van der Waals surface area (Å²) in [7, 11) is 0. The van der Waals surface area contributed by atoms with E-state index >= 15 is 0 Å². The summed E-state index contributed by atoms with van der Waals surface area (Å²) in [6, 6.07) is 1.49. The van der Waals surface area contributed by atoms with Crippen LogP contribution in [0.1, 0.15) is 17.4 Å². The van der Waals surface area contributed by atoms with Gasteiger partial charge in [0.15, 0.2) is 5.69 Å². The number of aromatic nitrogens is 1. The van der Waals surface area contributed by atoms with Crippen LogP contribution in [0.25, 0.3) is 0 Å². The highest BCUT2D eigenvalue weighted by atomic mass is 32.1. The van der Waals surface area contributed by atoms with E-state index in [9.17, 15) is 4.79 Å². The molecule has 0 aromatic carbocycles. The molecule has 76 valence electrons. The molecule has 0 saturated carbocycles. The number of nitrogens with two attached hydrogens (primary N) is 1. The van der Waals surface area contributed by atoms with Gasteiger partial charge in [-0.3, -0.25) is 4.79 Å². The van der Waals surface area contributed by atoms with E-state index in [0.29, 0.717) is 11.5 Å². The Bertz CT molecular complexity index is 323. The Morgan fingerprint density at radius 1 is 1.86 bits per heavy atom. The second-order valence-electron chi connectivity index (χ2n) is 2.90. The van der Waals surface area contributed by atoms with Gasteiger partial charge in [-0.15, -0.1) is 0 Å². The molecule has 0 saturated heterocycles. The van der Waals surface area contributed by atoms with Crippen LogP contribution in [-0.2, 0) is 0 Å². The van der Waals surface area contributed by atoms with Gasteiger partial charge in [0.1, 0.15) is 6.26 Å². The van der Waals surface area contributed by atoms with Crippen LogP contribution in [0.15, 0.2) is 16.9 Å². The summed E-state index contributed by atoms with van der Waals surface area (Å²) in [5, 5.41) is 6.13. The van der Waals surface area contributed by atoms with E-state index in [1.165, 1.54) is 12.3 Å². The summed E-state index contributed by atoms with van der Waals surface area (Å²) in [5.41, 5.74) is 5.64. The standard InChI is InChI=1S/C8H11N3O2S/c1-5(7(9)14)4-10-8(12)6-2-3-13-11-6/h2-3,5H,4H2,1H3,(H2,9,14)(H,10,12). The third-order valence-electron chi connectivity index (χ3n) is 1.72. The number of carbonyl (C=O) groups is 1. The number of amides is 1. The molecular formula is C8H11N3O2S. The molecule has 0 aliphatic rings. The van der Waals surface area contributed by atoms with Gasteiger partial charge in [0.2, 0.25) is 0 Å². The van der Waals surface area contributed by atoms with E-state index in [1.807, 2.05) is 6.92 Å². The molecule has 0 aliphatic heterocycles. The highest BCUT2D eigenvalue weighted by Gasteiger charge is 2.11. The zero-order valence-corrected chi connectivity index (χ0v) is 8.50. The SMILES string of the molecule is CC(CNC(=O)c1ccon1)C(N)=S. The van der Waals surface area contributed by atoms with Crippen LogP contribution in [0.2, 0.25) is 0 Å². The van der Waals surface area contributed by atoms with Gasteiger partial charge in [-0.25, -0.2) is 0 Å². The molecule has 0 spiro atoms. The monoisotopic (exact) mass is 213 g/mol. The lowest BCUT2D eigenvalue weighted by atomic mass is 10.2. The molecule has 1 heterocycles. The number of hydrogen-bond donors (Lipinski definition) is 2. The molecule has 3 N–H and O–H groups in total. The van der Waals surface area contributed by atoms with Gasteiger partial charge in [-0.05, 0) is 0 Å². The van der Waals surface area contributed by atoms with E-state index < -0.39 is 0 Å². The van der Waals surface area contributed by atoms with Crippen LogP contribution in [0.5, 0.6) is 0 Å². The molecule has 1 rings (SSSR count). The Labute approximate surface area is 86.6 Å². The first-order valence-corrected chi connectivity index (χ1v) is 4.50. The number of carbonyl (C=O) groups excluding carboxylic acids is 1. The van der Waals surface area contributed by atoms with Gasteiger partial charge in [0.25, 0.3) is 5.91 Å². The first kappa shape index (κ1) is 10.6. The molecule has 1 amide bonds. The fraction of sp³-hybridized carbons (Fsp3) is 0.375. The van der Waals surface area contributed by atoms with Crippen molar-refractivity contribution >= 4 is 23.1 Å². The quantitative estimate of drug-likeness (QED) is 0.704. The van der Waals surface area contributed by atoms with Gasteiger partial charge in [-0.2, -0.15) is 0 Å². The molecule has 0 bridgehead atoms. The van der Waals surface area contributed by atoms with E-state index in [4.69, 9.17) is 18.0 Å². The maximum absolute atomic E-state index is 11.3. The molecule has 1 atom stereocenters. The van der Waals surface area contributed by atoms with Gasteiger partial charge in [0.05, 0.1) is 4.99 Å². The molecule has 14 heavy (non-hydrogen) atoms. The van der Waals surface area contributed by atoms with Gasteiger partial charge in [0, 0.05) is 18.5 Å². The van der Waals surface area contributed by atoms with Crippen molar-refractivity contribution in [1.29, 1.82) is 0 Å². The van der Waals surface area contributed by atoms with Crippen LogP contribution in [0, 0.1) is 5.92 Å². The normalized spacial score (nSPS) is 12.1. The minimum atomic E-state index is -0.290. The molecule has 5 nitrogen and oxygen atoms in total. The Morgan fingerprint density at radius 3 is 3.07 bits per heavy atom. The average molecular weight is 213 g/mol. The summed E-state index contributed by atoms with van der Waals surface area (Å²) < 4.78 is 4.53. The topological polar surface area (TPSA) is 81.2 Å². The lowest BCUT2D eigenvalue weighted by Crippen LogP contribution is -2.33. The second kappa shape index (κ2) is 4.71.